The second-order valence-corrected chi connectivity index (χ2v) is 3.71. The molecular weight excluding hydrogens is 170 g/mol. The number of nitrogens with one attached hydrogen (secondary N) is 1. The predicted octanol–water partition coefficient (Wildman–Crippen LogP) is 0.542. The Balaban J connectivity index is 2.15. The van der Waals surface area contributed by atoms with E-state index < -0.39 is 0 Å². The summed E-state index contributed by atoms with van der Waals surface area (Å²) in [5.74, 6) is 0. The zero-order valence-corrected chi connectivity index (χ0v) is 8.16. The van der Waals surface area contributed by atoms with Crippen molar-refractivity contribution in [3.63, 3.8) is 0 Å². The highest BCUT2D eigenvalue weighted by atomic mass is 32.1. The van der Waals surface area contributed by atoms with E-state index in [-0.39, 0.29) is 0 Å². The van der Waals surface area contributed by atoms with Gasteiger partial charge in [0, 0.05) is 31.4 Å². The van der Waals surface area contributed by atoms with Crippen LogP contribution in [0.3, 0.4) is 0 Å². The van der Waals surface area contributed by atoms with Crippen molar-refractivity contribution >= 4 is 11.3 Å². The summed E-state index contributed by atoms with van der Waals surface area (Å²) in [6.07, 6.45) is 1.00. The lowest BCUT2D eigenvalue weighted by atomic mass is 10.3. The molecule has 0 atom stereocenters. The van der Waals surface area contributed by atoms with Crippen molar-refractivity contribution in [1.82, 2.24) is 10.3 Å². The lowest BCUT2D eigenvalue weighted by Crippen LogP contribution is -2.24. The predicted molar refractivity (Wildman–Crippen MR) is 52.5 cm³/mol. The van der Waals surface area contributed by atoms with Crippen LogP contribution >= 0.6 is 11.3 Å². The van der Waals surface area contributed by atoms with Crippen molar-refractivity contribution in [1.29, 1.82) is 0 Å². The van der Waals surface area contributed by atoms with E-state index in [9.17, 15) is 0 Å². The standard InChI is InChI=1S/C8H15N3S/c1-7-11-8(6-12-7)2-4-10-5-3-9/h6,10H,2-5,9H2,1H3. The molecule has 1 rings (SSSR count). The van der Waals surface area contributed by atoms with Crippen molar-refractivity contribution in [2.45, 2.75) is 13.3 Å². The molecule has 4 heteroatoms. The first kappa shape index (κ1) is 9.64. The SMILES string of the molecule is Cc1nc(CCNCCN)cs1. The van der Waals surface area contributed by atoms with Gasteiger partial charge in [-0.1, -0.05) is 0 Å². The third-order valence-corrected chi connectivity index (χ3v) is 2.37. The van der Waals surface area contributed by atoms with Gasteiger partial charge in [0.05, 0.1) is 10.7 Å². The summed E-state index contributed by atoms with van der Waals surface area (Å²) in [6, 6.07) is 0. The van der Waals surface area contributed by atoms with Gasteiger partial charge >= 0.3 is 0 Å². The van der Waals surface area contributed by atoms with Gasteiger partial charge in [0.1, 0.15) is 0 Å². The fraction of sp³-hybridized carbons (Fsp3) is 0.625. The highest BCUT2D eigenvalue weighted by Crippen LogP contribution is 2.07. The molecule has 0 amide bonds. The highest BCUT2D eigenvalue weighted by Gasteiger charge is 1.96. The Kier molecular flexibility index (Phi) is 4.21. The minimum absolute atomic E-state index is 0.704. The molecule has 1 heterocycles. The topological polar surface area (TPSA) is 50.9 Å². The van der Waals surface area contributed by atoms with Gasteiger partial charge in [-0.3, -0.25) is 0 Å². The van der Waals surface area contributed by atoms with Crippen LogP contribution in [0.25, 0.3) is 0 Å². The molecule has 0 radical (unpaired) electrons. The molecule has 0 saturated heterocycles. The van der Waals surface area contributed by atoms with Crippen LogP contribution in [0.1, 0.15) is 10.7 Å². The second kappa shape index (κ2) is 5.24. The number of aryl methyl sites for hydroxylation is 1. The number of hydrogen-bond acceptors (Lipinski definition) is 4. The summed E-state index contributed by atoms with van der Waals surface area (Å²) >= 11 is 1.70. The van der Waals surface area contributed by atoms with Gasteiger partial charge < -0.3 is 11.1 Å². The molecule has 3 N–H and O–H groups in total. The normalized spacial score (nSPS) is 10.5. The quantitative estimate of drug-likeness (QED) is 0.658. The smallest absolute Gasteiger partial charge is 0.0897 e. The van der Waals surface area contributed by atoms with E-state index in [1.54, 1.807) is 11.3 Å². The Bertz CT molecular complexity index is 222. The van der Waals surface area contributed by atoms with Crippen LogP contribution in [0.15, 0.2) is 5.38 Å². The van der Waals surface area contributed by atoms with Gasteiger partial charge in [0.15, 0.2) is 0 Å². The fourth-order valence-electron chi connectivity index (χ4n) is 0.967. The summed E-state index contributed by atoms with van der Waals surface area (Å²) < 4.78 is 0. The van der Waals surface area contributed by atoms with Gasteiger partial charge in [0.25, 0.3) is 0 Å². The molecule has 12 heavy (non-hydrogen) atoms. The molecule has 68 valence electrons. The molecule has 0 unspecified atom stereocenters. The van der Waals surface area contributed by atoms with Crippen LogP contribution in [-0.4, -0.2) is 24.6 Å². The van der Waals surface area contributed by atoms with Crippen molar-refractivity contribution in [3.8, 4) is 0 Å². The van der Waals surface area contributed by atoms with Crippen molar-refractivity contribution < 1.29 is 0 Å². The minimum Gasteiger partial charge on any atom is -0.329 e. The number of nitrogens with zero attached hydrogens (tertiary/aromatic N) is 1. The molecule has 0 spiro atoms. The molecule has 1 aromatic rings. The molecular formula is C8H15N3S. The number of aromatic nitrogens is 1. The Labute approximate surface area is 77.0 Å². The van der Waals surface area contributed by atoms with Crippen LogP contribution in [0, 0.1) is 6.92 Å². The van der Waals surface area contributed by atoms with E-state index in [1.165, 1.54) is 5.69 Å². The van der Waals surface area contributed by atoms with Crippen molar-refractivity contribution in [3.05, 3.63) is 16.1 Å². The van der Waals surface area contributed by atoms with Crippen LogP contribution in [0.2, 0.25) is 0 Å². The average molecular weight is 185 g/mol. The van der Waals surface area contributed by atoms with Crippen LogP contribution in [-0.2, 0) is 6.42 Å². The molecule has 0 bridgehead atoms. The van der Waals surface area contributed by atoms with Gasteiger partial charge in [0.2, 0.25) is 0 Å². The third-order valence-electron chi connectivity index (χ3n) is 1.55. The molecule has 0 aliphatic rings. The van der Waals surface area contributed by atoms with E-state index in [4.69, 9.17) is 5.73 Å². The monoisotopic (exact) mass is 185 g/mol. The average Bonchev–Trinajstić information content (AvgIpc) is 2.45. The second-order valence-electron chi connectivity index (χ2n) is 2.65. The fourth-order valence-corrected chi connectivity index (χ4v) is 1.61. The zero-order valence-electron chi connectivity index (χ0n) is 7.34. The summed E-state index contributed by atoms with van der Waals surface area (Å²) in [4.78, 5) is 4.36. The maximum atomic E-state index is 5.34. The van der Waals surface area contributed by atoms with Gasteiger partial charge in [-0.05, 0) is 6.92 Å². The largest absolute Gasteiger partial charge is 0.329 e. The summed E-state index contributed by atoms with van der Waals surface area (Å²) in [7, 11) is 0. The van der Waals surface area contributed by atoms with E-state index in [2.05, 4.69) is 15.7 Å². The van der Waals surface area contributed by atoms with Gasteiger partial charge in [-0.15, -0.1) is 11.3 Å². The first-order valence-corrected chi connectivity index (χ1v) is 5.02. The molecule has 0 fully saturated rings. The number of thiazole rings is 1. The zero-order chi connectivity index (χ0) is 8.81. The molecule has 0 aliphatic heterocycles. The molecule has 0 aromatic carbocycles. The summed E-state index contributed by atoms with van der Waals surface area (Å²) in [5.41, 5.74) is 6.52. The van der Waals surface area contributed by atoms with E-state index in [1.807, 2.05) is 6.92 Å². The van der Waals surface area contributed by atoms with Crippen molar-refractivity contribution in [2.75, 3.05) is 19.6 Å². The maximum absolute atomic E-state index is 5.34. The minimum atomic E-state index is 0.704. The Hall–Kier alpha value is -0.450. The van der Waals surface area contributed by atoms with Crippen LogP contribution < -0.4 is 11.1 Å². The van der Waals surface area contributed by atoms with Crippen LogP contribution in [0.5, 0.6) is 0 Å². The van der Waals surface area contributed by atoms with E-state index in [0.717, 1.165) is 24.5 Å². The van der Waals surface area contributed by atoms with Gasteiger partial charge in [-0.2, -0.15) is 0 Å². The Morgan fingerprint density at radius 1 is 1.58 bits per heavy atom. The van der Waals surface area contributed by atoms with Crippen LogP contribution in [0.4, 0.5) is 0 Å². The lowest BCUT2D eigenvalue weighted by molar-refractivity contribution is 0.683. The van der Waals surface area contributed by atoms with Gasteiger partial charge in [-0.25, -0.2) is 4.98 Å². The first-order chi connectivity index (χ1) is 5.83. The number of hydrogen-bond donors (Lipinski definition) is 2. The van der Waals surface area contributed by atoms with E-state index in [0.29, 0.717) is 6.54 Å². The Morgan fingerprint density at radius 2 is 2.42 bits per heavy atom. The molecule has 3 nitrogen and oxygen atoms in total. The third kappa shape index (κ3) is 3.30. The highest BCUT2D eigenvalue weighted by molar-refractivity contribution is 7.09. The summed E-state index contributed by atoms with van der Waals surface area (Å²) in [6.45, 7) is 4.60. The first-order valence-electron chi connectivity index (χ1n) is 4.14. The van der Waals surface area contributed by atoms with E-state index >= 15 is 0 Å². The summed E-state index contributed by atoms with van der Waals surface area (Å²) in [5, 5.41) is 6.49. The lowest BCUT2D eigenvalue weighted by Gasteiger charge is -1.99. The molecule has 0 aliphatic carbocycles. The Morgan fingerprint density at radius 3 is 3.00 bits per heavy atom. The number of nitrogens with two attached hydrogens (primary N) is 1. The molecule has 0 saturated carbocycles. The van der Waals surface area contributed by atoms with Crippen molar-refractivity contribution in [2.24, 2.45) is 5.73 Å². The molecule has 1 aromatic heterocycles. The maximum Gasteiger partial charge on any atom is 0.0897 e. The number of rotatable bonds is 5.